The van der Waals surface area contributed by atoms with Crippen molar-refractivity contribution >= 4 is 11.6 Å². The van der Waals surface area contributed by atoms with Gasteiger partial charge in [0.2, 0.25) is 0 Å². The fourth-order valence-corrected chi connectivity index (χ4v) is 1.60. The lowest BCUT2D eigenvalue weighted by Crippen LogP contribution is -2.32. The molecule has 16 heavy (non-hydrogen) atoms. The molecule has 2 atom stereocenters. The van der Waals surface area contributed by atoms with Crippen LogP contribution in [-0.2, 0) is 0 Å². The van der Waals surface area contributed by atoms with Gasteiger partial charge in [0.1, 0.15) is 11.6 Å². The molecule has 0 aromatic heterocycles. The van der Waals surface area contributed by atoms with E-state index in [0.29, 0.717) is 0 Å². The minimum absolute atomic E-state index is 0.201. The lowest BCUT2D eigenvalue weighted by atomic mass is 9.94. The van der Waals surface area contributed by atoms with Crippen LogP contribution in [0.2, 0.25) is 5.02 Å². The number of hydrogen-bond donors (Lipinski definition) is 2. The normalized spacial score (nSPS) is 15.2. The highest BCUT2D eigenvalue weighted by Crippen LogP contribution is 2.28. The van der Waals surface area contributed by atoms with Gasteiger partial charge in [0.05, 0.1) is 17.2 Å². The topological polar surface area (TPSA) is 46.2 Å². The van der Waals surface area contributed by atoms with Gasteiger partial charge >= 0.3 is 0 Å². The summed E-state index contributed by atoms with van der Waals surface area (Å²) in [6.45, 7) is 3.43. The molecule has 0 saturated carbocycles. The molecule has 1 aromatic carbocycles. The average molecular weight is 250 g/mol. The molecule has 0 saturated heterocycles. The Morgan fingerprint density at radius 2 is 1.88 bits per heavy atom. The summed E-state index contributed by atoms with van der Waals surface area (Å²) in [6.07, 6.45) is -1.03. The van der Waals surface area contributed by atoms with Crippen LogP contribution in [0.25, 0.3) is 0 Å². The quantitative estimate of drug-likeness (QED) is 0.809. The molecule has 0 fully saturated rings. The van der Waals surface area contributed by atoms with Crippen LogP contribution >= 0.6 is 11.6 Å². The van der Waals surface area contributed by atoms with Crippen molar-refractivity contribution in [2.45, 2.75) is 26.0 Å². The molecule has 0 spiro atoms. The first-order valence-electron chi connectivity index (χ1n) is 4.93. The van der Waals surface area contributed by atoms with E-state index < -0.39 is 23.8 Å². The number of hydrogen-bond acceptors (Lipinski definition) is 2. The largest absolute Gasteiger partial charge is 0.391 e. The zero-order valence-corrected chi connectivity index (χ0v) is 9.80. The maximum Gasteiger partial charge on any atom is 0.149 e. The minimum Gasteiger partial charge on any atom is -0.391 e. The monoisotopic (exact) mass is 249 g/mol. The molecule has 3 N–H and O–H groups in total. The highest BCUT2D eigenvalue weighted by atomic mass is 35.5. The van der Waals surface area contributed by atoms with E-state index in [1.807, 2.05) is 0 Å². The van der Waals surface area contributed by atoms with Crippen LogP contribution in [0.1, 0.15) is 25.5 Å². The maximum atomic E-state index is 13.6. The molecular formula is C11H14ClF2NO. The van der Waals surface area contributed by atoms with Crippen LogP contribution in [0, 0.1) is 17.6 Å². The van der Waals surface area contributed by atoms with E-state index in [9.17, 15) is 13.9 Å². The van der Waals surface area contributed by atoms with Gasteiger partial charge in [0.15, 0.2) is 0 Å². The van der Waals surface area contributed by atoms with E-state index in [2.05, 4.69) is 0 Å². The zero-order chi connectivity index (χ0) is 12.5. The number of halogens is 3. The smallest absolute Gasteiger partial charge is 0.149 e. The third-order valence-electron chi connectivity index (χ3n) is 2.46. The number of benzene rings is 1. The molecule has 0 radical (unpaired) electrons. The molecule has 0 bridgehead atoms. The molecule has 1 aromatic rings. The summed E-state index contributed by atoms with van der Waals surface area (Å²) in [6, 6.07) is 1.02. The molecule has 0 aliphatic carbocycles. The Labute approximate surface area is 98.0 Å². The van der Waals surface area contributed by atoms with E-state index in [1.165, 1.54) is 0 Å². The summed E-state index contributed by atoms with van der Waals surface area (Å²) in [5.74, 6) is -1.91. The van der Waals surface area contributed by atoms with Crippen molar-refractivity contribution in [1.82, 2.24) is 0 Å². The first-order valence-corrected chi connectivity index (χ1v) is 5.31. The summed E-state index contributed by atoms with van der Waals surface area (Å²) >= 11 is 5.54. The van der Waals surface area contributed by atoms with Crippen molar-refractivity contribution in [1.29, 1.82) is 0 Å². The van der Waals surface area contributed by atoms with Gasteiger partial charge in [-0.2, -0.15) is 0 Å². The second-order valence-corrected chi connectivity index (χ2v) is 4.42. The molecular weight excluding hydrogens is 236 g/mol. The molecule has 0 aliphatic rings. The maximum absolute atomic E-state index is 13.6. The second-order valence-electron chi connectivity index (χ2n) is 4.02. The van der Waals surface area contributed by atoms with Crippen molar-refractivity contribution in [3.8, 4) is 0 Å². The van der Waals surface area contributed by atoms with Crippen molar-refractivity contribution in [3.63, 3.8) is 0 Å². The van der Waals surface area contributed by atoms with Gasteiger partial charge in [-0.1, -0.05) is 25.4 Å². The predicted molar refractivity (Wildman–Crippen MR) is 59.1 cm³/mol. The van der Waals surface area contributed by atoms with E-state index in [-0.39, 0.29) is 16.5 Å². The Balaban J connectivity index is 3.17. The van der Waals surface area contributed by atoms with E-state index in [0.717, 1.165) is 12.1 Å². The first kappa shape index (κ1) is 13.4. The van der Waals surface area contributed by atoms with Gasteiger partial charge in [0, 0.05) is 5.56 Å². The van der Waals surface area contributed by atoms with E-state index in [1.54, 1.807) is 13.8 Å². The summed E-state index contributed by atoms with van der Waals surface area (Å²) in [7, 11) is 0. The Hall–Kier alpha value is -0.710. The van der Waals surface area contributed by atoms with Gasteiger partial charge < -0.3 is 10.8 Å². The number of aliphatic hydroxyl groups excluding tert-OH is 1. The fourth-order valence-electron chi connectivity index (χ4n) is 1.43. The highest BCUT2D eigenvalue weighted by molar-refractivity contribution is 6.30. The Morgan fingerprint density at radius 3 is 2.38 bits per heavy atom. The lowest BCUT2D eigenvalue weighted by molar-refractivity contribution is 0.0952. The fraction of sp³-hybridized carbons (Fsp3) is 0.455. The van der Waals surface area contributed by atoms with Crippen molar-refractivity contribution < 1.29 is 13.9 Å². The van der Waals surface area contributed by atoms with Crippen LogP contribution in [0.5, 0.6) is 0 Å². The summed E-state index contributed by atoms with van der Waals surface area (Å²) in [5, 5.41) is 9.48. The lowest BCUT2D eigenvalue weighted by Gasteiger charge is -2.23. The molecule has 2 nitrogen and oxygen atoms in total. The van der Waals surface area contributed by atoms with E-state index >= 15 is 0 Å². The third-order valence-corrected chi connectivity index (χ3v) is 2.76. The Bertz CT molecular complexity index is 384. The molecule has 0 aliphatic heterocycles. The summed E-state index contributed by atoms with van der Waals surface area (Å²) < 4.78 is 27.0. The van der Waals surface area contributed by atoms with Crippen molar-refractivity contribution in [2.24, 2.45) is 11.7 Å². The molecule has 0 unspecified atom stereocenters. The molecule has 0 heterocycles. The van der Waals surface area contributed by atoms with Crippen LogP contribution in [0.15, 0.2) is 12.1 Å². The van der Waals surface area contributed by atoms with Gasteiger partial charge in [-0.25, -0.2) is 8.78 Å². The Kier molecular flexibility index (Phi) is 4.24. The SMILES string of the molecule is CC(C)[C@@H](O)[C@@H](N)c1c(F)ccc(Cl)c1F. The summed E-state index contributed by atoms with van der Waals surface area (Å²) in [4.78, 5) is 0. The number of aliphatic hydroxyl groups is 1. The van der Waals surface area contributed by atoms with Crippen LogP contribution < -0.4 is 5.73 Å². The van der Waals surface area contributed by atoms with Crippen LogP contribution in [0.4, 0.5) is 8.78 Å². The molecule has 1 rings (SSSR count). The van der Waals surface area contributed by atoms with Gasteiger partial charge in [-0.3, -0.25) is 0 Å². The van der Waals surface area contributed by atoms with Crippen molar-refractivity contribution in [3.05, 3.63) is 34.4 Å². The van der Waals surface area contributed by atoms with Crippen LogP contribution in [-0.4, -0.2) is 11.2 Å². The van der Waals surface area contributed by atoms with Crippen LogP contribution in [0.3, 0.4) is 0 Å². The first-order chi connectivity index (χ1) is 7.36. The van der Waals surface area contributed by atoms with Gasteiger partial charge in [-0.05, 0) is 18.1 Å². The van der Waals surface area contributed by atoms with Gasteiger partial charge in [0.25, 0.3) is 0 Å². The average Bonchev–Trinajstić information content (AvgIpc) is 2.22. The number of rotatable bonds is 3. The van der Waals surface area contributed by atoms with Crippen molar-refractivity contribution in [2.75, 3.05) is 0 Å². The molecule has 0 amide bonds. The highest BCUT2D eigenvalue weighted by Gasteiger charge is 2.26. The third kappa shape index (κ3) is 2.51. The van der Waals surface area contributed by atoms with Gasteiger partial charge in [-0.15, -0.1) is 0 Å². The minimum atomic E-state index is -1.13. The molecule has 5 heteroatoms. The second kappa shape index (κ2) is 5.08. The predicted octanol–water partition coefficient (Wildman–Crippen LogP) is 2.63. The standard InChI is InChI=1S/C11H14ClF2NO/c1-5(2)11(16)10(15)8-7(13)4-3-6(12)9(8)14/h3-5,10-11,16H,15H2,1-2H3/t10-,11+/m0/s1. The summed E-state index contributed by atoms with van der Waals surface area (Å²) in [5.41, 5.74) is 5.25. The Morgan fingerprint density at radius 1 is 1.31 bits per heavy atom. The number of nitrogens with two attached hydrogens (primary N) is 1. The molecule has 90 valence electrons. The van der Waals surface area contributed by atoms with E-state index in [4.69, 9.17) is 17.3 Å². The zero-order valence-electron chi connectivity index (χ0n) is 9.05.